The van der Waals surface area contributed by atoms with E-state index in [1.54, 1.807) is 13.8 Å². The number of amides is 3. The first kappa shape index (κ1) is 22.3. The number of aliphatic carboxylic acids is 2. The number of nitrogens with two attached hydrogens (primary N) is 1. The van der Waals surface area contributed by atoms with Crippen molar-refractivity contribution in [3.63, 3.8) is 0 Å². The van der Waals surface area contributed by atoms with E-state index in [0.717, 1.165) is 0 Å². The summed E-state index contributed by atoms with van der Waals surface area (Å²) in [6.45, 7) is 2.50. The standard InChI is InChI=1S/C14H24N4O7/c1-3-7(2)12(14(24)25)18-10(20)6-16-9(19)5-17-13(23)8(15)4-11(21)22/h7-8,12H,3-6,15H2,1-2H3,(H,16,19)(H,17,23)(H,18,20)(H,21,22)(H,24,25). The Morgan fingerprint density at radius 3 is 2.04 bits per heavy atom. The van der Waals surface area contributed by atoms with Gasteiger partial charge in [0.05, 0.1) is 25.6 Å². The summed E-state index contributed by atoms with van der Waals surface area (Å²) in [4.78, 5) is 56.1. The van der Waals surface area contributed by atoms with Crippen LogP contribution in [0.1, 0.15) is 26.7 Å². The third-order valence-corrected chi connectivity index (χ3v) is 3.40. The minimum atomic E-state index is -1.29. The molecule has 0 spiro atoms. The maximum absolute atomic E-state index is 11.7. The van der Waals surface area contributed by atoms with E-state index in [9.17, 15) is 24.0 Å². The van der Waals surface area contributed by atoms with Gasteiger partial charge in [-0.15, -0.1) is 0 Å². The maximum atomic E-state index is 11.7. The number of carboxylic acids is 2. The largest absolute Gasteiger partial charge is 0.481 e. The molecule has 0 radical (unpaired) electrons. The zero-order valence-corrected chi connectivity index (χ0v) is 14.1. The summed E-state index contributed by atoms with van der Waals surface area (Å²) in [6, 6.07) is -2.36. The Labute approximate surface area is 144 Å². The molecule has 3 atom stereocenters. The molecule has 142 valence electrons. The number of nitrogens with one attached hydrogen (secondary N) is 3. The van der Waals surface area contributed by atoms with E-state index in [1.165, 1.54) is 0 Å². The van der Waals surface area contributed by atoms with Crippen molar-refractivity contribution in [1.29, 1.82) is 0 Å². The van der Waals surface area contributed by atoms with Gasteiger partial charge in [-0.2, -0.15) is 0 Å². The third-order valence-electron chi connectivity index (χ3n) is 3.40. The van der Waals surface area contributed by atoms with Crippen LogP contribution in [-0.2, 0) is 24.0 Å². The fourth-order valence-corrected chi connectivity index (χ4v) is 1.73. The van der Waals surface area contributed by atoms with Gasteiger partial charge in [-0.05, 0) is 5.92 Å². The molecule has 0 aliphatic carbocycles. The van der Waals surface area contributed by atoms with Crippen LogP contribution in [0.15, 0.2) is 0 Å². The highest BCUT2D eigenvalue weighted by Crippen LogP contribution is 2.07. The lowest BCUT2D eigenvalue weighted by Gasteiger charge is -2.20. The molecular weight excluding hydrogens is 336 g/mol. The van der Waals surface area contributed by atoms with E-state index in [2.05, 4.69) is 16.0 Å². The Morgan fingerprint density at radius 2 is 1.56 bits per heavy atom. The second-order valence-electron chi connectivity index (χ2n) is 5.47. The molecule has 0 aliphatic heterocycles. The number of hydrogen-bond donors (Lipinski definition) is 6. The molecule has 0 rings (SSSR count). The van der Waals surface area contributed by atoms with Crippen LogP contribution < -0.4 is 21.7 Å². The average molecular weight is 360 g/mol. The summed E-state index contributed by atoms with van der Waals surface area (Å²) < 4.78 is 0. The first-order valence-corrected chi connectivity index (χ1v) is 7.62. The smallest absolute Gasteiger partial charge is 0.326 e. The number of rotatable bonds is 11. The van der Waals surface area contributed by atoms with Crippen LogP contribution >= 0.6 is 0 Å². The maximum Gasteiger partial charge on any atom is 0.326 e. The Kier molecular flexibility index (Phi) is 9.79. The zero-order chi connectivity index (χ0) is 19.6. The highest BCUT2D eigenvalue weighted by atomic mass is 16.4. The van der Waals surface area contributed by atoms with Gasteiger partial charge in [0, 0.05) is 0 Å². The summed E-state index contributed by atoms with van der Waals surface area (Å²) in [5.41, 5.74) is 5.31. The zero-order valence-electron chi connectivity index (χ0n) is 14.1. The Balaban J connectivity index is 4.24. The van der Waals surface area contributed by atoms with Crippen molar-refractivity contribution >= 4 is 29.7 Å². The minimum Gasteiger partial charge on any atom is -0.481 e. The molecule has 0 aliphatic rings. The van der Waals surface area contributed by atoms with Crippen LogP contribution in [0.4, 0.5) is 0 Å². The molecule has 0 saturated carbocycles. The van der Waals surface area contributed by atoms with E-state index in [-0.39, 0.29) is 5.92 Å². The van der Waals surface area contributed by atoms with Gasteiger partial charge >= 0.3 is 11.9 Å². The van der Waals surface area contributed by atoms with Gasteiger partial charge in [0.1, 0.15) is 6.04 Å². The van der Waals surface area contributed by atoms with Crippen molar-refractivity contribution in [3.8, 4) is 0 Å². The van der Waals surface area contributed by atoms with Crippen LogP contribution in [0.2, 0.25) is 0 Å². The molecule has 0 heterocycles. The van der Waals surface area contributed by atoms with Crippen LogP contribution in [0, 0.1) is 5.92 Å². The normalized spacial score (nSPS) is 13.9. The predicted molar refractivity (Wildman–Crippen MR) is 85.3 cm³/mol. The van der Waals surface area contributed by atoms with Crippen molar-refractivity contribution < 1.29 is 34.2 Å². The van der Waals surface area contributed by atoms with Crippen molar-refractivity contribution in [2.24, 2.45) is 11.7 Å². The Bertz CT molecular complexity index is 523. The van der Waals surface area contributed by atoms with Gasteiger partial charge in [0.15, 0.2) is 0 Å². The quantitative estimate of drug-likeness (QED) is 0.236. The second-order valence-corrected chi connectivity index (χ2v) is 5.47. The number of carboxylic acid groups (broad SMARTS) is 2. The van der Waals surface area contributed by atoms with Crippen LogP contribution in [0.25, 0.3) is 0 Å². The topological polar surface area (TPSA) is 188 Å². The molecule has 0 aromatic carbocycles. The van der Waals surface area contributed by atoms with Gasteiger partial charge < -0.3 is 31.9 Å². The first-order valence-electron chi connectivity index (χ1n) is 7.62. The summed E-state index contributed by atoms with van der Waals surface area (Å²) in [5, 5.41) is 24.2. The molecular formula is C14H24N4O7. The van der Waals surface area contributed by atoms with Gasteiger partial charge in [-0.1, -0.05) is 20.3 Å². The van der Waals surface area contributed by atoms with Gasteiger partial charge in [0.25, 0.3) is 0 Å². The molecule has 11 heteroatoms. The van der Waals surface area contributed by atoms with Crippen molar-refractivity contribution in [2.45, 2.75) is 38.8 Å². The molecule has 0 bridgehead atoms. The summed E-state index contributed by atoms with van der Waals surface area (Å²) in [5.74, 6) is -4.92. The van der Waals surface area contributed by atoms with Gasteiger partial charge in [-0.25, -0.2) is 4.79 Å². The highest BCUT2D eigenvalue weighted by Gasteiger charge is 2.25. The van der Waals surface area contributed by atoms with E-state index in [4.69, 9.17) is 15.9 Å². The van der Waals surface area contributed by atoms with Crippen molar-refractivity contribution in [3.05, 3.63) is 0 Å². The Morgan fingerprint density at radius 1 is 1.00 bits per heavy atom. The number of hydrogen-bond acceptors (Lipinski definition) is 6. The van der Waals surface area contributed by atoms with E-state index in [1.807, 2.05) is 0 Å². The molecule has 0 fully saturated rings. The molecule has 3 unspecified atom stereocenters. The molecule has 0 saturated heterocycles. The summed E-state index contributed by atoms with van der Waals surface area (Å²) in [7, 11) is 0. The monoisotopic (exact) mass is 360 g/mol. The summed E-state index contributed by atoms with van der Waals surface area (Å²) in [6.07, 6.45) is -0.0334. The van der Waals surface area contributed by atoms with Crippen molar-refractivity contribution in [1.82, 2.24) is 16.0 Å². The number of carbonyl (C=O) groups is 5. The van der Waals surface area contributed by atoms with E-state index in [0.29, 0.717) is 6.42 Å². The second kappa shape index (κ2) is 11.0. The lowest BCUT2D eigenvalue weighted by Crippen LogP contribution is -2.50. The molecule has 25 heavy (non-hydrogen) atoms. The lowest BCUT2D eigenvalue weighted by atomic mass is 9.99. The fraction of sp³-hybridized carbons (Fsp3) is 0.643. The third kappa shape index (κ3) is 9.25. The highest BCUT2D eigenvalue weighted by molar-refractivity contribution is 5.91. The minimum absolute atomic E-state index is 0.285. The van der Waals surface area contributed by atoms with Crippen LogP contribution in [-0.4, -0.2) is 65.0 Å². The molecule has 0 aromatic rings. The van der Waals surface area contributed by atoms with Gasteiger partial charge in [0.2, 0.25) is 17.7 Å². The molecule has 7 N–H and O–H groups in total. The Hall–Kier alpha value is -2.69. The van der Waals surface area contributed by atoms with Crippen LogP contribution in [0.5, 0.6) is 0 Å². The number of carbonyl (C=O) groups excluding carboxylic acids is 3. The van der Waals surface area contributed by atoms with Crippen molar-refractivity contribution in [2.75, 3.05) is 13.1 Å². The van der Waals surface area contributed by atoms with E-state index >= 15 is 0 Å². The van der Waals surface area contributed by atoms with Gasteiger partial charge in [-0.3, -0.25) is 19.2 Å². The lowest BCUT2D eigenvalue weighted by molar-refractivity contribution is -0.143. The fourth-order valence-electron chi connectivity index (χ4n) is 1.73. The summed E-state index contributed by atoms with van der Waals surface area (Å²) >= 11 is 0. The molecule has 0 aromatic heterocycles. The molecule has 11 nitrogen and oxygen atoms in total. The van der Waals surface area contributed by atoms with Crippen LogP contribution in [0.3, 0.4) is 0 Å². The predicted octanol–water partition coefficient (Wildman–Crippen LogP) is -2.36. The first-order chi connectivity index (χ1) is 11.6. The van der Waals surface area contributed by atoms with E-state index < -0.39 is 61.3 Å². The average Bonchev–Trinajstić information content (AvgIpc) is 2.53. The molecule has 3 amide bonds. The SMILES string of the molecule is CCC(C)C(NC(=O)CNC(=O)CNC(=O)C(N)CC(=O)O)C(=O)O.